The fourth-order valence-electron chi connectivity index (χ4n) is 5.37. The molecule has 0 atom stereocenters. The zero-order valence-corrected chi connectivity index (χ0v) is 17.7. The van der Waals surface area contributed by atoms with Gasteiger partial charge in [-0.25, -0.2) is 0 Å². The number of para-hydroxylation sites is 1. The van der Waals surface area contributed by atoms with E-state index < -0.39 is 11.4 Å². The van der Waals surface area contributed by atoms with Crippen LogP contribution in [0.1, 0.15) is 55.8 Å². The predicted octanol–water partition coefficient (Wildman–Crippen LogP) is 4.63. The highest BCUT2D eigenvalue weighted by atomic mass is 16.4. The molecular formula is C25H27N3O3. The minimum Gasteiger partial charge on any atom is -0.481 e. The maximum absolute atomic E-state index is 13.0. The molecule has 3 aromatic rings. The Kier molecular flexibility index (Phi) is 4.61. The molecule has 2 aromatic carbocycles. The summed E-state index contributed by atoms with van der Waals surface area (Å²) in [6.45, 7) is 2.87. The molecule has 160 valence electrons. The normalized spacial score (nSPS) is 24.9. The lowest BCUT2D eigenvalue weighted by Crippen LogP contribution is -2.58. The summed E-state index contributed by atoms with van der Waals surface area (Å²) in [6.07, 6.45) is 4.16. The average Bonchev–Trinajstić information content (AvgIpc) is 3.19. The molecule has 2 N–H and O–H groups in total. The highest BCUT2D eigenvalue weighted by molar-refractivity contribution is 5.97. The monoisotopic (exact) mass is 417 g/mol. The number of rotatable bonds is 5. The van der Waals surface area contributed by atoms with Gasteiger partial charge in [-0.3, -0.25) is 14.3 Å². The Morgan fingerprint density at radius 3 is 2.26 bits per heavy atom. The zero-order chi connectivity index (χ0) is 21.6. The summed E-state index contributed by atoms with van der Waals surface area (Å²) in [5.41, 5.74) is 2.81. The molecule has 3 aliphatic carbocycles. The van der Waals surface area contributed by atoms with Crippen molar-refractivity contribution in [3.63, 3.8) is 0 Å². The van der Waals surface area contributed by atoms with Crippen molar-refractivity contribution in [3.8, 4) is 11.3 Å². The van der Waals surface area contributed by atoms with Gasteiger partial charge >= 0.3 is 5.97 Å². The summed E-state index contributed by atoms with van der Waals surface area (Å²) < 4.78 is 1.99. The van der Waals surface area contributed by atoms with Crippen LogP contribution >= 0.6 is 0 Å². The summed E-state index contributed by atoms with van der Waals surface area (Å²) in [5.74, 6) is -0.763. The molecule has 31 heavy (non-hydrogen) atoms. The van der Waals surface area contributed by atoms with Crippen molar-refractivity contribution >= 4 is 22.8 Å². The van der Waals surface area contributed by atoms with Gasteiger partial charge in [0.1, 0.15) is 5.69 Å². The lowest BCUT2D eigenvalue weighted by atomic mass is 9.57. The van der Waals surface area contributed by atoms with Crippen molar-refractivity contribution in [2.45, 2.75) is 57.5 Å². The molecule has 6 rings (SSSR count). The largest absolute Gasteiger partial charge is 0.481 e. The molecule has 0 spiro atoms. The van der Waals surface area contributed by atoms with Crippen LogP contribution in [0, 0.1) is 5.41 Å². The van der Waals surface area contributed by atoms with Crippen molar-refractivity contribution < 1.29 is 14.7 Å². The second kappa shape index (κ2) is 7.22. The van der Waals surface area contributed by atoms with Gasteiger partial charge in [0.25, 0.3) is 5.91 Å². The lowest BCUT2D eigenvalue weighted by molar-refractivity contribution is -0.156. The van der Waals surface area contributed by atoms with E-state index in [4.69, 9.17) is 5.10 Å². The summed E-state index contributed by atoms with van der Waals surface area (Å²) in [4.78, 5) is 24.6. The van der Waals surface area contributed by atoms with Crippen LogP contribution in [0.5, 0.6) is 0 Å². The minimum atomic E-state index is -0.680. The molecule has 0 aliphatic heterocycles. The molecule has 6 heteroatoms. The Labute approximate surface area is 181 Å². The number of carboxylic acids is 1. The van der Waals surface area contributed by atoms with Crippen molar-refractivity contribution in [2.24, 2.45) is 5.41 Å². The van der Waals surface area contributed by atoms with E-state index in [0.29, 0.717) is 24.8 Å². The topological polar surface area (TPSA) is 84.2 Å². The summed E-state index contributed by atoms with van der Waals surface area (Å²) >= 11 is 0. The van der Waals surface area contributed by atoms with Gasteiger partial charge in [0.15, 0.2) is 0 Å². The van der Waals surface area contributed by atoms with Gasteiger partial charge in [-0.15, -0.1) is 0 Å². The van der Waals surface area contributed by atoms with Crippen LogP contribution in [-0.2, 0) is 11.3 Å². The van der Waals surface area contributed by atoms with E-state index in [1.54, 1.807) is 0 Å². The molecule has 0 unspecified atom stereocenters. The van der Waals surface area contributed by atoms with Gasteiger partial charge < -0.3 is 10.4 Å². The number of aliphatic carboxylic acids is 1. The molecular weight excluding hydrogens is 390 g/mol. The number of carboxylic acid groups (broad SMARTS) is 1. The van der Waals surface area contributed by atoms with Gasteiger partial charge in [-0.2, -0.15) is 5.10 Å². The minimum absolute atomic E-state index is 0.0831. The van der Waals surface area contributed by atoms with Crippen molar-refractivity contribution in [1.82, 2.24) is 15.1 Å². The lowest BCUT2D eigenvalue weighted by Gasteiger charge is -2.51. The summed E-state index contributed by atoms with van der Waals surface area (Å²) in [5, 5.41) is 18.7. The van der Waals surface area contributed by atoms with Crippen LogP contribution in [0.25, 0.3) is 22.2 Å². The third kappa shape index (κ3) is 3.21. The van der Waals surface area contributed by atoms with Gasteiger partial charge in [0, 0.05) is 28.6 Å². The zero-order valence-electron chi connectivity index (χ0n) is 17.7. The molecule has 1 aromatic heterocycles. The maximum Gasteiger partial charge on any atom is 0.309 e. The smallest absolute Gasteiger partial charge is 0.309 e. The van der Waals surface area contributed by atoms with E-state index in [9.17, 15) is 14.7 Å². The number of nitrogens with one attached hydrogen (secondary N) is 1. The van der Waals surface area contributed by atoms with Crippen molar-refractivity contribution in [2.75, 3.05) is 0 Å². The Morgan fingerprint density at radius 2 is 1.65 bits per heavy atom. The van der Waals surface area contributed by atoms with Crippen molar-refractivity contribution in [1.29, 1.82) is 0 Å². The number of hydrogen-bond donors (Lipinski definition) is 2. The fourth-order valence-corrected chi connectivity index (χ4v) is 5.37. The highest BCUT2D eigenvalue weighted by Crippen LogP contribution is 2.52. The molecule has 3 saturated carbocycles. The Morgan fingerprint density at radius 1 is 1.00 bits per heavy atom. The molecule has 3 aliphatic rings. The number of carbonyl (C=O) groups excluding carboxylic acids is 1. The number of aryl methyl sites for hydroxylation is 1. The molecule has 3 fully saturated rings. The molecule has 6 nitrogen and oxygen atoms in total. The molecule has 0 saturated heterocycles. The van der Waals surface area contributed by atoms with Crippen molar-refractivity contribution in [3.05, 3.63) is 54.1 Å². The second-order valence-corrected chi connectivity index (χ2v) is 9.08. The number of nitrogens with zero attached hydrogens (tertiary/aromatic N) is 2. The van der Waals surface area contributed by atoms with Crippen LogP contribution in [0.3, 0.4) is 0 Å². The molecule has 1 amide bonds. The van der Waals surface area contributed by atoms with Crippen LogP contribution in [0.15, 0.2) is 48.5 Å². The van der Waals surface area contributed by atoms with Crippen LogP contribution in [0.4, 0.5) is 0 Å². The Balaban J connectivity index is 1.34. The number of aromatic nitrogens is 2. The average molecular weight is 418 g/mol. The number of amides is 1. The van der Waals surface area contributed by atoms with Gasteiger partial charge in [-0.1, -0.05) is 30.3 Å². The van der Waals surface area contributed by atoms with E-state index in [2.05, 4.69) is 24.4 Å². The standard InChI is InChI=1S/C25H27N3O3/c1-2-28-20-6-4-3-5-19(20)21(27-28)17-7-9-18(10-8-17)22(29)26-25-14-11-24(12-15-25,13-16-25)23(30)31/h3-10H,2,11-16H2,1H3,(H,26,29)(H,30,31). The fraction of sp³-hybridized carbons (Fsp3) is 0.400. The quantitative estimate of drug-likeness (QED) is 0.634. The predicted molar refractivity (Wildman–Crippen MR) is 119 cm³/mol. The number of hydrogen-bond acceptors (Lipinski definition) is 3. The first-order chi connectivity index (χ1) is 15.0. The van der Waals surface area contributed by atoms with Crippen LogP contribution in [-0.4, -0.2) is 32.3 Å². The third-order valence-corrected chi connectivity index (χ3v) is 7.46. The molecule has 2 bridgehead atoms. The van der Waals surface area contributed by atoms with E-state index >= 15 is 0 Å². The number of benzene rings is 2. The SMILES string of the molecule is CCn1nc(-c2ccc(C(=O)NC34CCC(C(=O)O)(CC3)CC4)cc2)c2ccccc21. The first-order valence-electron chi connectivity index (χ1n) is 11.1. The molecule has 0 radical (unpaired) electrons. The Hall–Kier alpha value is -3.15. The summed E-state index contributed by atoms with van der Waals surface area (Å²) in [7, 11) is 0. The first-order valence-corrected chi connectivity index (χ1v) is 11.1. The highest BCUT2D eigenvalue weighted by Gasteiger charge is 2.53. The number of fused-ring (bicyclic) bond motifs is 4. The molecule has 1 heterocycles. The van der Waals surface area contributed by atoms with E-state index in [1.807, 2.05) is 41.1 Å². The first kappa shape index (κ1) is 19.8. The van der Waals surface area contributed by atoms with Gasteiger partial charge in [-0.05, 0) is 63.6 Å². The Bertz CT molecular complexity index is 1140. The summed E-state index contributed by atoms with van der Waals surface area (Å²) in [6, 6.07) is 15.8. The second-order valence-electron chi connectivity index (χ2n) is 9.08. The van der Waals surface area contributed by atoms with Crippen LogP contribution in [0.2, 0.25) is 0 Å². The van der Waals surface area contributed by atoms with E-state index in [1.165, 1.54) is 0 Å². The maximum atomic E-state index is 13.0. The van der Waals surface area contributed by atoms with E-state index in [0.717, 1.165) is 48.0 Å². The van der Waals surface area contributed by atoms with Gasteiger partial charge in [0.2, 0.25) is 0 Å². The van der Waals surface area contributed by atoms with E-state index in [-0.39, 0.29) is 11.4 Å². The number of carbonyl (C=O) groups is 2. The third-order valence-electron chi connectivity index (χ3n) is 7.46. The van der Waals surface area contributed by atoms with Crippen LogP contribution < -0.4 is 5.32 Å². The van der Waals surface area contributed by atoms with Gasteiger partial charge in [0.05, 0.1) is 10.9 Å².